The number of benzene rings is 1. The molecule has 150 valence electrons. The van der Waals surface area contributed by atoms with Gasteiger partial charge in [-0.1, -0.05) is 25.5 Å². The summed E-state index contributed by atoms with van der Waals surface area (Å²) in [6.45, 7) is 9.60. The van der Waals surface area contributed by atoms with Gasteiger partial charge in [-0.05, 0) is 50.8 Å². The summed E-state index contributed by atoms with van der Waals surface area (Å²) >= 11 is 0. The molecule has 0 radical (unpaired) electrons. The summed E-state index contributed by atoms with van der Waals surface area (Å²) in [4.78, 5) is 28.3. The van der Waals surface area contributed by atoms with Crippen LogP contribution in [0.5, 0.6) is 0 Å². The predicted octanol–water partition coefficient (Wildman–Crippen LogP) is 4.18. The van der Waals surface area contributed by atoms with Gasteiger partial charge in [-0.2, -0.15) is 0 Å². The van der Waals surface area contributed by atoms with Crippen LogP contribution in [0.15, 0.2) is 24.3 Å². The van der Waals surface area contributed by atoms with E-state index in [1.54, 1.807) is 17.0 Å². The van der Waals surface area contributed by atoms with Crippen LogP contribution in [0.25, 0.3) is 0 Å². The standard InChI is InChI=1S/C21H31FN2O3/c1-5-6-17(16-7-9-18(22)10-8-16)15-19(25)23-11-13-24(14-12-23)20(26)27-21(2,3)4/h7-10,17H,5-6,11-15H2,1-4H3. The smallest absolute Gasteiger partial charge is 0.410 e. The highest BCUT2D eigenvalue weighted by atomic mass is 19.1. The van der Waals surface area contributed by atoms with Crippen LogP contribution in [-0.2, 0) is 9.53 Å². The van der Waals surface area contributed by atoms with Gasteiger partial charge in [0.25, 0.3) is 0 Å². The number of nitrogens with zero attached hydrogens (tertiary/aromatic N) is 2. The molecule has 1 fully saturated rings. The second-order valence-corrected chi connectivity index (χ2v) is 8.09. The Morgan fingerprint density at radius 1 is 1.07 bits per heavy atom. The molecule has 2 amide bonds. The first-order valence-electron chi connectivity index (χ1n) is 9.70. The van der Waals surface area contributed by atoms with E-state index in [1.165, 1.54) is 12.1 Å². The van der Waals surface area contributed by atoms with E-state index in [4.69, 9.17) is 4.74 Å². The number of rotatable bonds is 5. The monoisotopic (exact) mass is 378 g/mol. The van der Waals surface area contributed by atoms with Gasteiger partial charge >= 0.3 is 6.09 Å². The zero-order valence-electron chi connectivity index (χ0n) is 16.8. The number of carbonyl (C=O) groups excluding carboxylic acids is 2. The lowest BCUT2D eigenvalue weighted by Gasteiger charge is -2.36. The number of halogens is 1. The minimum Gasteiger partial charge on any atom is -0.444 e. The second kappa shape index (κ2) is 9.20. The van der Waals surface area contributed by atoms with E-state index in [0.29, 0.717) is 32.6 Å². The summed E-state index contributed by atoms with van der Waals surface area (Å²) in [5.74, 6) is -0.0906. The lowest BCUT2D eigenvalue weighted by Crippen LogP contribution is -2.51. The van der Waals surface area contributed by atoms with Gasteiger partial charge in [0.1, 0.15) is 11.4 Å². The molecule has 1 aliphatic heterocycles. The average Bonchev–Trinajstić information content (AvgIpc) is 2.60. The molecule has 0 N–H and O–H groups in total. The van der Waals surface area contributed by atoms with Crippen molar-refractivity contribution in [2.45, 2.75) is 58.5 Å². The Morgan fingerprint density at radius 2 is 1.63 bits per heavy atom. The van der Waals surface area contributed by atoms with E-state index in [0.717, 1.165) is 18.4 Å². The molecule has 5 nitrogen and oxygen atoms in total. The van der Waals surface area contributed by atoms with Crippen molar-refractivity contribution < 1.29 is 18.7 Å². The maximum atomic E-state index is 13.2. The number of piperazine rings is 1. The maximum absolute atomic E-state index is 13.2. The summed E-state index contributed by atoms with van der Waals surface area (Å²) < 4.78 is 18.6. The van der Waals surface area contributed by atoms with Gasteiger partial charge in [0.2, 0.25) is 5.91 Å². The first-order valence-corrected chi connectivity index (χ1v) is 9.70. The number of amides is 2. The molecular formula is C21H31FN2O3. The van der Waals surface area contributed by atoms with Gasteiger partial charge in [0.15, 0.2) is 0 Å². The summed E-state index contributed by atoms with van der Waals surface area (Å²) in [6, 6.07) is 6.43. The third-order valence-corrected chi connectivity index (χ3v) is 4.68. The average molecular weight is 378 g/mol. The van der Waals surface area contributed by atoms with E-state index >= 15 is 0 Å². The van der Waals surface area contributed by atoms with Crippen molar-refractivity contribution in [1.29, 1.82) is 0 Å². The van der Waals surface area contributed by atoms with E-state index in [9.17, 15) is 14.0 Å². The molecule has 0 saturated carbocycles. The Morgan fingerprint density at radius 3 is 2.15 bits per heavy atom. The van der Waals surface area contributed by atoms with Gasteiger partial charge in [0.05, 0.1) is 0 Å². The van der Waals surface area contributed by atoms with Gasteiger partial charge in [0, 0.05) is 32.6 Å². The van der Waals surface area contributed by atoms with Crippen molar-refractivity contribution in [2.75, 3.05) is 26.2 Å². The molecule has 6 heteroatoms. The quantitative estimate of drug-likeness (QED) is 0.772. The minimum absolute atomic E-state index is 0.0848. The largest absolute Gasteiger partial charge is 0.444 e. The molecule has 0 aliphatic carbocycles. The van der Waals surface area contributed by atoms with Crippen LogP contribution in [0, 0.1) is 5.82 Å². The van der Waals surface area contributed by atoms with Gasteiger partial charge in [-0.15, -0.1) is 0 Å². The number of hydrogen-bond acceptors (Lipinski definition) is 3. The number of hydrogen-bond donors (Lipinski definition) is 0. The Hall–Kier alpha value is -2.11. The molecule has 0 bridgehead atoms. The lowest BCUT2D eigenvalue weighted by atomic mass is 9.91. The molecule has 1 aliphatic rings. The molecule has 1 unspecified atom stereocenters. The van der Waals surface area contributed by atoms with Crippen LogP contribution >= 0.6 is 0 Å². The van der Waals surface area contributed by atoms with Crippen molar-refractivity contribution in [3.05, 3.63) is 35.6 Å². The number of ether oxygens (including phenoxy) is 1. The third kappa shape index (κ3) is 6.52. The molecule has 27 heavy (non-hydrogen) atoms. The van der Waals surface area contributed by atoms with Crippen molar-refractivity contribution in [3.63, 3.8) is 0 Å². The number of carbonyl (C=O) groups is 2. The van der Waals surface area contributed by atoms with Crippen molar-refractivity contribution in [1.82, 2.24) is 9.80 Å². The Balaban J connectivity index is 1.90. The third-order valence-electron chi connectivity index (χ3n) is 4.68. The lowest BCUT2D eigenvalue weighted by molar-refractivity contribution is -0.133. The molecule has 1 heterocycles. The summed E-state index contributed by atoms with van der Waals surface area (Å²) in [5, 5.41) is 0. The van der Waals surface area contributed by atoms with Crippen molar-refractivity contribution in [2.24, 2.45) is 0 Å². The maximum Gasteiger partial charge on any atom is 0.410 e. The normalized spacial score (nSPS) is 16.2. The van der Waals surface area contributed by atoms with Gasteiger partial charge in [-0.25, -0.2) is 9.18 Å². The fourth-order valence-corrected chi connectivity index (χ4v) is 3.27. The zero-order valence-corrected chi connectivity index (χ0v) is 16.8. The Kier molecular flexibility index (Phi) is 7.22. The fourth-order valence-electron chi connectivity index (χ4n) is 3.27. The zero-order chi connectivity index (χ0) is 20.0. The van der Waals surface area contributed by atoms with E-state index in [2.05, 4.69) is 6.92 Å². The van der Waals surface area contributed by atoms with E-state index in [-0.39, 0.29) is 23.7 Å². The predicted molar refractivity (Wildman–Crippen MR) is 103 cm³/mol. The first kappa shape index (κ1) is 21.2. The summed E-state index contributed by atoms with van der Waals surface area (Å²) in [6.07, 6.45) is 1.92. The minimum atomic E-state index is -0.521. The van der Waals surface area contributed by atoms with E-state index < -0.39 is 5.60 Å². The Bertz CT molecular complexity index is 632. The van der Waals surface area contributed by atoms with E-state index in [1.807, 2.05) is 25.7 Å². The molecular weight excluding hydrogens is 347 g/mol. The van der Waals surface area contributed by atoms with Crippen LogP contribution < -0.4 is 0 Å². The Labute approximate surface area is 161 Å². The van der Waals surface area contributed by atoms with Crippen LogP contribution in [0.1, 0.15) is 58.4 Å². The molecule has 2 rings (SSSR count). The van der Waals surface area contributed by atoms with Crippen molar-refractivity contribution >= 4 is 12.0 Å². The van der Waals surface area contributed by atoms with Crippen LogP contribution in [0.2, 0.25) is 0 Å². The molecule has 1 atom stereocenters. The van der Waals surface area contributed by atoms with Crippen LogP contribution in [0.4, 0.5) is 9.18 Å². The molecule has 0 aromatic heterocycles. The molecule has 1 aromatic rings. The second-order valence-electron chi connectivity index (χ2n) is 8.09. The van der Waals surface area contributed by atoms with Gasteiger partial charge < -0.3 is 14.5 Å². The summed E-state index contributed by atoms with van der Waals surface area (Å²) in [5.41, 5.74) is 0.478. The fraction of sp³-hybridized carbons (Fsp3) is 0.619. The highest BCUT2D eigenvalue weighted by Gasteiger charge is 2.28. The topological polar surface area (TPSA) is 49.9 Å². The van der Waals surface area contributed by atoms with Crippen LogP contribution in [0.3, 0.4) is 0 Å². The van der Waals surface area contributed by atoms with Crippen LogP contribution in [-0.4, -0.2) is 53.6 Å². The van der Waals surface area contributed by atoms with Crippen molar-refractivity contribution in [3.8, 4) is 0 Å². The molecule has 0 spiro atoms. The molecule has 1 saturated heterocycles. The highest BCUT2D eigenvalue weighted by Crippen LogP contribution is 2.26. The van der Waals surface area contributed by atoms with Gasteiger partial charge in [-0.3, -0.25) is 4.79 Å². The SMILES string of the molecule is CCCC(CC(=O)N1CCN(C(=O)OC(C)(C)C)CC1)c1ccc(F)cc1. The highest BCUT2D eigenvalue weighted by molar-refractivity contribution is 5.77. The summed E-state index contributed by atoms with van der Waals surface area (Å²) in [7, 11) is 0. The first-order chi connectivity index (χ1) is 12.7. The molecule has 1 aromatic carbocycles.